The maximum absolute atomic E-state index is 12.9. The second-order valence-electron chi connectivity index (χ2n) is 8.45. The number of aromatic nitrogens is 1. The Kier molecular flexibility index (Phi) is 7.74. The molecule has 0 amide bonds. The summed E-state index contributed by atoms with van der Waals surface area (Å²) in [7, 11) is 0. The summed E-state index contributed by atoms with van der Waals surface area (Å²) in [6.07, 6.45) is 5.17. The molecule has 1 unspecified atom stereocenters. The highest BCUT2D eigenvalue weighted by Crippen LogP contribution is 2.25. The van der Waals surface area contributed by atoms with Crippen molar-refractivity contribution < 1.29 is 14.7 Å². The molecule has 3 aromatic carbocycles. The summed E-state index contributed by atoms with van der Waals surface area (Å²) in [6.45, 7) is 1.86. The fourth-order valence-corrected chi connectivity index (χ4v) is 4.38. The number of halogens is 1. The van der Waals surface area contributed by atoms with E-state index in [1.165, 1.54) is 0 Å². The highest BCUT2D eigenvalue weighted by Gasteiger charge is 2.20. The number of rotatable bonds is 9. The Bertz CT molecular complexity index is 1410. The molecule has 4 nitrogen and oxygen atoms in total. The molecule has 1 heterocycles. The number of hydrogen-bond donors (Lipinski definition) is 1. The number of fused-ring (bicyclic) bond motifs is 1. The summed E-state index contributed by atoms with van der Waals surface area (Å²) in [4.78, 5) is 29.2. The Morgan fingerprint density at radius 2 is 1.77 bits per heavy atom. The molecule has 0 saturated carbocycles. The van der Waals surface area contributed by atoms with Crippen molar-refractivity contribution in [3.8, 4) is 0 Å². The van der Waals surface area contributed by atoms with E-state index in [1.807, 2.05) is 97.9 Å². The van der Waals surface area contributed by atoms with Crippen LogP contribution in [0.1, 0.15) is 58.4 Å². The Morgan fingerprint density at radius 3 is 2.57 bits per heavy atom. The van der Waals surface area contributed by atoms with Gasteiger partial charge < -0.3 is 5.11 Å². The number of carboxylic acids is 1. The molecular weight excluding hydrogens is 458 g/mol. The van der Waals surface area contributed by atoms with Gasteiger partial charge in [0.25, 0.3) is 0 Å². The Balaban J connectivity index is 1.47. The van der Waals surface area contributed by atoms with Crippen molar-refractivity contribution in [3.05, 3.63) is 112 Å². The van der Waals surface area contributed by atoms with Gasteiger partial charge in [0.15, 0.2) is 5.78 Å². The SMILES string of the molecule is CCC(C(=O)O)c1ccccc1CCC(=O)c1cccc(C=Cc2ccc3ccc(Cl)cc3n2)c1. The standard InChI is InChI=1S/C30H26ClNO3/c1-2-26(30(34)35)27-9-4-3-7-21(27)13-17-29(33)23-8-5-6-20(18-23)10-15-25-16-12-22-11-14-24(31)19-28(22)32-25/h3-12,14-16,18-19,26H,2,13,17H2,1H3,(H,34,35). The van der Waals surface area contributed by atoms with Gasteiger partial charge in [0.05, 0.1) is 17.1 Å². The molecule has 0 aliphatic rings. The fourth-order valence-electron chi connectivity index (χ4n) is 4.22. The van der Waals surface area contributed by atoms with Crippen LogP contribution in [-0.4, -0.2) is 21.8 Å². The number of carboxylic acid groups (broad SMARTS) is 1. The lowest BCUT2D eigenvalue weighted by Crippen LogP contribution is -2.13. The lowest BCUT2D eigenvalue weighted by molar-refractivity contribution is -0.138. The van der Waals surface area contributed by atoms with Gasteiger partial charge in [0.1, 0.15) is 0 Å². The summed E-state index contributed by atoms with van der Waals surface area (Å²) in [6, 6.07) is 24.6. The third-order valence-corrected chi connectivity index (χ3v) is 6.32. The number of benzene rings is 3. The Hall–Kier alpha value is -3.76. The minimum atomic E-state index is -0.838. The van der Waals surface area contributed by atoms with Crippen LogP contribution in [-0.2, 0) is 11.2 Å². The number of pyridine rings is 1. The van der Waals surface area contributed by atoms with E-state index in [4.69, 9.17) is 11.6 Å². The first-order valence-electron chi connectivity index (χ1n) is 11.6. The highest BCUT2D eigenvalue weighted by molar-refractivity contribution is 6.31. The van der Waals surface area contributed by atoms with Crippen LogP contribution in [0, 0.1) is 0 Å². The van der Waals surface area contributed by atoms with Crippen molar-refractivity contribution in [2.24, 2.45) is 0 Å². The van der Waals surface area contributed by atoms with E-state index in [9.17, 15) is 14.7 Å². The first-order chi connectivity index (χ1) is 16.9. The molecule has 176 valence electrons. The number of carbonyl (C=O) groups excluding carboxylic acids is 1. The molecule has 1 N–H and O–H groups in total. The van der Waals surface area contributed by atoms with E-state index < -0.39 is 11.9 Å². The van der Waals surface area contributed by atoms with Gasteiger partial charge in [-0.25, -0.2) is 4.98 Å². The second kappa shape index (κ2) is 11.1. The minimum absolute atomic E-state index is 0.0249. The average molecular weight is 484 g/mol. The molecular formula is C30H26ClNO3. The monoisotopic (exact) mass is 483 g/mol. The predicted molar refractivity (Wildman–Crippen MR) is 142 cm³/mol. The fraction of sp³-hybridized carbons (Fsp3) is 0.167. The summed E-state index contributed by atoms with van der Waals surface area (Å²) < 4.78 is 0. The van der Waals surface area contributed by atoms with E-state index >= 15 is 0 Å². The van der Waals surface area contributed by atoms with Crippen LogP contribution in [0.3, 0.4) is 0 Å². The zero-order valence-corrected chi connectivity index (χ0v) is 20.2. The number of hydrogen-bond acceptors (Lipinski definition) is 3. The molecule has 4 rings (SSSR count). The summed E-state index contributed by atoms with van der Waals surface area (Å²) >= 11 is 6.08. The van der Waals surface area contributed by atoms with E-state index in [0.717, 1.165) is 33.3 Å². The third kappa shape index (κ3) is 6.03. The van der Waals surface area contributed by atoms with Crippen molar-refractivity contribution in [3.63, 3.8) is 0 Å². The number of carbonyl (C=O) groups is 2. The molecule has 4 aromatic rings. The smallest absolute Gasteiger partial charge is 0.310 e. The topological polar surface area (TPSA) is 67.3 Å². The first kappa shape index (κ1) is 24.4. The average Bonchev–Trinajstić information content (AvgIpc) is 2.86. The van der Waals surface area contributed by atoms with E-state index in [1.54, 1.807) is 0 Å². The number of ketones is 1. The van der Waals surface area contributed by atoms with Crippen LogP contribution in [0.5, 0.6) is 0 Å². The molecule has 1 atom stereocenters. The number of aliphatic carboxylic acids is 1. The van der Waals surface area contributed by atoms with Gasteiger partial charge in [-0.15, -0.1) is 0 Å². The van der Waals surface area contributed by atoms with Crippen molar-refractivity contribution >= 4 is 46.4 Å². The molecule has 0 radical (unpaired) electrons. The van der Waals surface area contributed by atoms with Crippen LogP contribution in [0.25, 0.3) is 23.1 Å². The Morgan fingerprint density at radius 1 is 0.971 bits per heavy atom. The predicted octanol–water partition coefficient (Wildman–Crippen LogP) is 7.45. The second-order valence-corrected chi connectivity index (χ2v) is 8.89. The number of Topliss-reactive ketones (excluding diaryl/α,β-unsaturated/α-hetero) is 1. The molecule has 5 heteroatoms. The van der Waals surface area contributed by atoms with E-state index in [0.29, 0.717) is 29.8 Å². The summed E-state index contributed by atoms with van der Waals surface area (Å²) in [5.41, 5.74) is 4.87. The van der Waals surface area contributed by atoms with Gasteiger partial charge in [-0.3, -0.25) is 9.59 Å². The number of nitrogens with zero attached hydrogens (tertiary/aromatic N) is 1. The van der Waals surface area contributed by atoms with Crippen molar-refractivity contribution in [1.82, 2.24) is 4.98 Å². The highest BCUT2D eigenvalue weighted by atomic mass is 35.5. The number of aryl methyl sites for hydroxylation is 1. The molecule has 0 bridgehead atoms. The zero-order valence-electron chi connectivity index (χ0n) is 19.4. The molecule has 0 aliphatic heterocycles. The zero-order chi connectivity index (χ0) is 24.8. The van der Waals surface area contributed by atoms with Crippen LogP contribution in [0.15, 0.2) is 78.9 Å². The maximum Gasteiger partial charge on any atom is 0.310 e. The normalized spacial score (nSPS) is 12.2. The van der Waals surface area contributed by atoms with Gasteiger partial charge in [0, 0.05) is 22.4 Å². The Labute approximate surface area is 209 Å². The lowest BCUT2D eigenvalue weighted by atomic mass is 9.89. The molecule has 0 spiro atoms. The molecule has 0 saturated heterocycles. The van der Waals surface area contributed by atoms with Crippen LogP contribution in [0.2, 0.25) is 5.02 Å². The van der Waals surface area contributed by atoms with Crippen LogP contribution < -0.4 is 0 Å². The van der Waals surface area contributed by atoms with Crippen molar-refractivity contribution in [1.29, 1.82) is 0 Å². The lowest BCUT2D eigenvalue weighted by Gasteiger charge is -2.15. The first-order valence-corrected chi connectivity index (χ1v) is 12.0. The summed E-state index contributed by atoms with van der Waals surface area (Å²) in [5, 5.41) is 11.2. The molecule has 1 aromatic heterocycles. The van der Waals surface area contributed by atoms with Crippen LogP contribution >= 0.6 is 11.6 Å². The van der Waals surface area contributed by atoms with Gasteiger partial charge in [0.2, 0.25) is 0 Å². The molecule has 0 fully saturated rings. The van der Waals surface area contributed by atoms with Gasteiger partial charge in [-0.2, -0.15) is 0 Å². The largest absolute Gasteiger partial charge is 0.481 e. The quantitative estimate of drug-likeness (QED) is 0.251. The summed E-state index contributed by atoms with van der Waals surface area (Å²) in [5.74, 6) is -1.37. The van der Waals surface area contributed by atoms with E-state index in [-0.39, 0.29) is 5.78 Å². The maximum atomic E-state index is 12.9. The van der Waals surface area contributed by atoms with Crippen molar-refractivity contribution in [2.75, 3.05) is 0 Å². The van der Waals surface area contributed by atoms with Crippen LogP contribution in [0.4, 0.5) is 0 Å². The van der Waals surface area contributed by atoms with Gasteiger partial charge in [-0.1, -0.05) is 79.2 Å². The minimum Gasteiger partial charge on any atom is -0.481 e. The van der Waals surface area contributed by atoms with Gasteiger partial charge >= 0.3 is 5.97 Å². The molecule has 0 aliphatic carbocycles. The van der Waals surface area contributed by atoms with Crippen molar-refractivity contribution in [2.45, 2.75) is 32.1 Å². The van der Waals surface area contributed by atoms with Gasteiger partial charge in [-0.05, 0) is 59.9 Å². The molecule has 35 heavy (non-hydrogen) atoms. The van der Waals surface area contributed by atoms with E-state index in [2.05, 4.69) is 4.98 Å². The third-order valence-electron chi connectivity index (χ3n) is 6.09.